The Hall–Kier alpha value is -3.18. The molecule has 2 amide bonds. The molecular formula is C28H33Cl2N5O4S. The Morgan fingerprint density at radius 2 is 1.73 bits per heavy atom. The van der Waals surface area contributed by atoms with E-state index in [1.54, 1.807) is 31.2 Å². The molecule has 0 saturated carbocycles. The number of piperazine rings is 1. The Kier molecular flexibility index (Phi) is 9.35. The fourth-order valence-corrected chi connectivity index (χ4v) is 6.26. The quantitative estimate of drug-likeness (QED) is 0.255. The fourth-order valence-electron chi connectivity index (χ4n) is 4.72. The second kappa shape index (κ2) is 12.6. The van der Waals surface area contributed by atoms with E-state index in [-0.39, 0.29) is 4.90 Å². The highest BCUT2D eigenvalue weighted by Crippen LogP contribution is 2.33. The van der Waals surface area contributed by atoms with E-state index >= 15 is 0 Å². The summed E-state index contributed by atoms with van der Waals surface area (Å²) in [6.07, 6.45) is 0. The molecule has 0 bridgehead atoms. The van der Waals surface area contributed by atoms with Crippen LogP contribution in [-0.4, -0.2) is 46.7 Å². The van der Waals surface area contributed by atoms with Gasteiger partial charge in [0.05, 0.1) is 33.8 Å². The van der Waals surface area contributed by atoms with Gasteiger partial charge in [-0.2, -0.15) is 0 Å². The number of urea groups is 1. The highest BCUT2D eigenvalue weighted by atomic mass is 35.5. The minimum absolute atomic E-state index is 0.0356. The smallest absolute Gasteiger partial charge is 0.319 e. The molecule has 1 saturated heterocycles. The summed E-state index contributed by atoms with van der Waals surface area (Å²) >= 11 is 12.3. The van der Waals surface area contributed by atoms with Crippen LogP contribution in [0, 0.1) is 0 Å². The summed E-state index contributed by atoms with van der Waals surface area (Å²) in [4.78, 5) is 14.8. The van der Waals surface area contributed by atoms with Crippen molar-refractivity contribution in [3.05, 3.63) is 76.3 Å². The zero-order valence-electron chi connectivity index (χ0n) is 22.7. The van der Waals surface area contributed by atoms with Crippen molar-refractivity contribution in [1.29, 1.82) is 0 Å². The number of hydrogen-bond donors (Lipinski definition) is 4. The average Bonchev–Trinajstić information content (AvgIpc) is 2.90. The fraction of sp³-hybridized carbons (Fsp3) is 0.321. The summed E-state index contributed by atoms with van der Waals surface area (Å²) in [5, 5.41) is 9.76. The first-order valence-electron chi connectivity index (χ1n) is 12.8. The van der Waals surface area contributed by atoms with Gasteiger partial charge in [-0.15, -0.1) is 0 Å². The minimum atomic E-state index is -3.92. The topological polar surface area (TPSA) is 112 Å². The Labute approximate surface area is 245 Å². The number of methoxy groups -OCH3 is 1. The molecule has 40 heavy (non-hydrogen) atoms. The van der Waals surface area contributed by atoms with Gasteiger partial charge in [0.1, 0.15) is 5.75 Å². The van der Waals surface area contributed by atoms with Crippen molar-refractivity contribution >= 4 is 56.3 Å². The zero-order chi connectivity index (χ0) is 29.0. The zero-order valence-corrected chi connectivity index (χ0v) is 25.0. The molecule has 4 N–H and O–H groups in total. The van der Waals surface area contributed by atoms with E-state index in [0.29, 0.717) is 44.8 Å². The van der Waals surface area contributed by atoms with Gasteiger partial charge in [-0.25, -0.2) is 13.2 Å². The van der Waals surface area contributed by atoms with Crippen molar-refractivity contribution in [2.75, 3.05) is 35.1 Å². The van der Waals surface area contributed by atoms with Gasteiger partial charge in [-0.05, 0) is 68.8 Å². The molecule has 4 rings (SSSR count). The van der Waals surface area contributed by atoms with Crippen LogP contribution >= 0.6 is 23.2 Å². The van der Waals surface area contributed by atoms with Crippen molar-refractivity contribution in [2.24, 2.45) is 0 Å². The van der Waals surface area contributed by atoms with Crippen molar-refractivity contribution in [2.45, 2.75) is 43.8 Å². The van der Waals surface area contributed by atoms with Gasteiger partial charge in [0.15, 0.2) is 0 Å². The third kappa shape index (κ3) is 7.11. The monoisotopic (exact) mass is 605 g/mol. The van der Waals surface area contributed by atoms with E-state index in [2.05, 4.69) is 39.4 Å². The number of amides is 2. The van der Waals surface area contributed by atoms with Gasteiger partial charge in [0.2, 0.25) is 0 Å². The summed E-state index contributed by atoms with van der Waals surface area (Å²) in [6, 6.07) is 16.3. The number of carbonyl (C=O) groups is 1. The van der Waals surface area contributed by atoms with Crippen LogP contribution in [0.15, 0.2) is 65.6 Å². The van der Waals surface area contributed by atoms with Gasteiger partial charge < -0.3 is 25.6 Å². The molecular weight excluding hydrogens is 573 g/mol. The number of rotatable bonds is 8. The maximum absolute atomic E-state index is 13.1. The van der Waals surface area contributed by atoms with Crippen LogP contribution in [-0.2, 0) is 10.0 Å². The van der Waals surface area contributed by atoms with Crippen molar-refractivity contribution < 1.29 is 17.9 Å². The second-order valence-corrected chi connectivity index (χ2v) is 12.3. The van der Waals surface area contributed by atoms with Gasteiger partial charge in [0.25, 0.3) is 10.0 Å². The molecule has 9 nitrogen and oxygen atoms in total. The summed E-state index contributed by atoms with van der Waals surface area (Å²) in [6.45, 7) is 7.72. The average molecular weight is 607 g/mol. The predicted octanol–water partition coefficient (Wildman–Crippen LogP) is 5.87. The number of ether oxygens (including phenoxy) is 1. The predicted molar refractivity (Wildman–Crippen MR) is 162 cm³/mol. The number of nitrogens with one attached hydrogen (secondary N) is 4. The largest absolute Gasteiger partial charge is 0.494 e. The molecule has 1 aliphatic heterocycles. The first-order valence-corrected chi connectivity index (χ1v) is 15.0. The molecule has 1 aliphatic rings. The molecule has 214 valence electrons. The molecule has 0 radical (unpaired) electrons. The number of sulfonamides is 1. The third-order valence-corrected chi connectivity index (χ3v) is 8.79. The van der Waals surface area contributed by atoms with Crippen LogP contribution in [0.25, 0.3) is 0 Å². The highest BCUT2D eigenvalue weighted by Gasteiger charge is 2.23. The molecule has 1 fully saturated rings. The first-order chi connectivity index (χ1) is 19.0. The van der Waals surface area contributed by atoms with Crippen molar-refractivity contribution in [3.8, 4) is 5.75 Å². The molecule has 3 aromatic rings. The Balaban J connectivity index is 1.41. The molecule has 3 aromatic carbocycles. The second-order valence-electron chi connectivity index (χ2n) is 9.85. The number of anilines is 3. The Morgan fingerprint density at radius 1 is 1.05 bits per heavy atom. The van der Waals surface area contributed by atoms with E-state index < -0.39 is 22.1 Å². The van der Waals surface area contributed by atoms with E-state index in [0.717, 1.165) is 18.8 Å². The first kappa shape index (κ1) is 29.8. The van der Waals surface area contributed by atoms with Gasteiger partial charge in [0, 0.05) is 42.6 Å². The normalized spacial score (nSPS) is 18.1. The van der Waals surface area contributed by atoms with E-state index in [4.69, 9.17) is 27.9 Å². The van der Waals surface area contributed by atoms with E-state index in [1.807, 2.05) is 12.1 Å². The molecule has 0 aliphatic carbocycles. The summed E-state index contributed by atoms with van der Waals surface area (Å²) in [7, 11) is -2.41. The van der Waals surface area contributed by atoms with Crippen LogP contribution in [0.2, 0.25) is 10.0 Å². The van der Waals surface area contributed by atoms with Crippen molar-refractivity contribution in [3.63, 3.8) is 0 Å². The summed E-state index contributed by atoms with van der Waals surface area (Å²) < 4.78 is 34.4. The molecule has 2 unspecified atom stereocenters. The van der Waals surface area contributed by atoms with Gasteiger partial charge in [-0.3, -0.25) is 4.72 Å². The Bertz CT molecular complexity index is 1460. The lowest BCUT2D eigenvalue weighted by molar-refractivity contribution is 0.249. The van der Waals surface area contributed by atoms with Crippen molar-refractivity contribution in [1.82, 2.24) is 10.6 Å². The lowest BCUT2D eigenvalue weighted by Crippen LogP contribution is -2.54. The van der Waals surface area contributed by atoms with Crippen LogP contribution in [0.3, 0.4) is 0 Å². The van der Waals surface area contributed by atoms with Crippen LogP contribution in [0.1, 0.15) is 32.4 Å². The molecule has 0 aromatic heterocycles. The molecule has 0 spiro atoms. The molecule has 3 atom stereocenters. The minimum Gasteiger partial charge on any atom is -0.494 e. The van der Waals surface area contributed by atoms with E-state index in [1.165, 1.54) is 31.4 Å². The third-order valence-electron chi connectivity index (χ3n) is 6.57. The van der Waals surface area contributed by atoms with Crippen LogP contribution < -0.4 is 30.3 Å². The van der Waals surface area contributed by atoms with E-state index in [9.17, 15) is 13.2 Å². The highest BCUT2D eigenvalue weighted by molar-refractivity contribution is 7.92. The number of carbonyl (C=O) groups excluding carboxylic acids is 1. The number of halogens is 2. The maximum Gasteiger partial charge on any atom is 0.319 e. The number of hydrogen-bond acceptors (Lipinski definition) is 6. The standard InChI is InChI=1S/C28H33Cl2N5O4S/c1-17-15-35(16-18(2)31-17)21-10-13-25(26(14-21)39-4)34-40(37,38)22-11-8-20(9-12-22)33-28(36)32-19(3)23-6-5-7-24(29)27(23)30/h5-14,17-19,31,34H,15-16H2,1-4H3,(H2,32,33,36)/t17?,18?,19-/m1/s1. The summed E-state index contributed by atoms with van der Waals surface area (Å²) in [5.41, 5.74) is 2.39. The Morgan fingerprint density at radius 3 is 2.38 bits per heavy atom. The SMILES string of the molecule is COc1cc(N2CC(C)NC(C)C2)ccc1NS(=O)(=O)c1ccc(NC(=O)N[C@H](C)c2cccc(Cl)c2Cl)cc1. The van der Waals surface area contributed by atoms with Gasteiger partial charge in [-0.1, -0.05) is 35.3 Å². The van der Waals surface area contributed by atoms with Crippen LogP contribution in [0.4, 0.5) is 21.9 Å². The summed E-state index contributed by atoms with van der Waals surface area (Å²) in [5.74, 6) is 0.420. The lowest BCUT2D eigenvalue weighted by atomic mass is 10.1. The molecule has 1 heterocycles. The molecule has 12 heteroatoms. The van der Waals surface area contributed by atoms with Crippen LogP contribution in [0.5, 0.6) is 5.75 Å². The maximum atomic E-state index is 13.1. The number of benzene rings is 3. The van der Waals surface area contributed by atoms with Gasteiger partial charge >= 0.3 is 6.03 Å². The lowest BCUT2D eigenvalue weighted by Gasteiger charge is -2.37. The number of nitrogens with zero attached hydrogens (tertiary/aromatic N) is 1.